The molecule has 1 aromatic carbocycles. The quantitative estimate of drug-likeness (QED) is 0.739. The minimum absolute atomic E-state index is 0.148. The Balaban J connectivity index is 1.98. The maximum atomic E-state index is 11.8. The van der Waals surface area contributed by atoms with E-state index in [1.54, 1.807) is 24.3 Å². The van der Waals surface area contributed by atoms with Gasteiger partial charge in [-0.1, -0.05) is 0 Å². The Morgan fingerprint density at radius 3 is 2.73 bits per heavy atom. The van der Waals surface area contributed by atoms with Crippen LogP contribution in [0.1, 0.15) is 29.6 Å². The number of ketones is 1. The van der Waals surface area contributed by atoms with E-state index in [1.807, 2.05) is 0 Å². The second-order valence-corrected chi connectivity index (χ2v) is 3.97. The summed E-state index contributed by atoms with van der Waals surface area (Å²) in [6.45, 7) is 1.02. The molecule has 0 aromatic heterocycles. The normalized spacial score (nSPS) is 20.4. The van der Waals surface area contributed by atoms with E-state index < -0.39 is 0 Å². The number of nitrogens with one attached hydrogen (secondary N) is 1. The van der Waals surface area contributed by atoms with Crippen LogP contribution in [0.3, 0.4) is 0 Å². The van der Waals surface area contributed by atoms with Crippen LogP contribution < -0.4 is 5.32 Å². The van der Waals surface area contributed by atoms with Gasteiger partial charge in [0.1, 0.15) is 5.75 Å². The van der Waals surface area contributed by atoms with Gasteiger partial charge in [0, 0.05) is 18.0 Å². The Labute approximate surface area is 89.1 Å². The first-order valence-electron chi connectivity index (χ1n) is 5.31. The molecule has 0 radical (unpaired) electrons. The van der Waals surface area contributed by atoms with Gasteiger partial charge in [-0.15, -0.1) is 0 Å². The number of aromatic hydroxyl groups is 1. The molecule has 2 rings (SSSR count). The summed E-state index contributed by atoms with van der Waals surface area (Å²) in [5.74, 6) is 0.347. The third-order valence-electron chi connectivity index (χ3n) is 2.78. The fourth-order valence-electron chi connectivity index (χ4n) is 1.92. The van der Waals surface area contributed by atoms with E-state index >= 15 is 0 Å². The van der Waals surface area contributed by atoms with Crippen molar-refractivity contribution in [1.29, 1.82) is 0 Å². The number of rotatable bonds is 3. The molecule has 0 saturated carbocycles. The number of carbonyl (C=O) groups is 1. The topological polar surface area (TPSA) is 49.3 Å². The molecule has 1 aliphatic rings. The zero-order valence-electron chi connectivity index (χ0n) is 8.57. The highest BCUT2D eigenvalue weighted by atomic mass is 16.3. The van der Waals surface area contributed by atoms with Gasteiger partial charge >= 0.3 is 0 Å². The average Bonchev–Trinajstić information content (AvgIpc) is 2.71. The summed E-state index contributed by atoms with van der Waals surface area (Å²) >= 11 is 0. The molecule has 80 valence electrons. The second kappa shape index (κ2) is 4.45. The molecule has 0 unspecified atom stereocenters. The lowest BCUT2D eigenvalue weighted by molar-refractivity contribution is 0.0971. The first kappa shape index (κ1) is 10.2. The van der Waals surface area contributed by atoms with Gasteiger partial charge in [-0.25, -0.2) is 0 Å². The molecule has 1 atom stereocenters. The van der Waals surface area contributed by atoms with E-state index in [4.69, 9.17) is 5.11 Å². The molecule has 0 spiro atoms. The van der Waals surface area contributed by atoms with Crippen molar-refractivity contribution >= 4 is 5.78 Å². The van der Waals surface area contributed by atoms with Crippen LogP contribution in [0.25, 0.3) is 0 Å². The molecule has 1 saturated heterocycles. The molecule has 0 bridgehead atoms. The molecule has 3 heteroatoms. The van der Waals surface area contributed by atoms with Crippen molar-refractivity contribution in [2.45, 2.75) is 25.3 Å². The summed E-state index contributed by atoms with van der Waals surface area (Å²) in [7, 11) is 0. The molecular formula is C12H15NO2. The largest absolute Gasteiger partial charge is 0.508 e. The second-order valence-electron chi connectivity index (χ2n) is 3.97. The summed E-state index contributed by atoms with van der Waals surface area (Å²) in [5.41, 5.74) is 0.682. The van der Waals surface area contributed by atoms with E-state index in [0.717, 1.165) is 19.4 Å². The van der Waals surface area contributed by atoms with Gasteiger partial charge in [-0.05, 0) is 43.7 Å². The SMILES string of the molecule is O=C(C[C@H]1CCCN1)c1ccc(O)cc1. The highest BCUT2D eigenvalue weighted by Crippen LogP contribution is 2.15. The molecule has 1 heterocycles. The first-order chi connectivity index (χ1) is 7.25. The van der Waals surface area contributed by atoms with Crippen molar-refractivity contribution in [3.05, 3.63) is 29.8 Å². The first-order valence-corrected chi connectivity index (χ1v) is 5.31. The van der Waals surface area contributed by atoms with Gasteiger partial charge in [0.25, 0.3) is 0 Å². The van der Waals surface area contributed by atoms with Crippen molar-refractivity contribution in [1.82, 2.24) is 5.32 Å². The lowest BCUT2D eigenvalue weighted by atomic mass is 10.0. The van der Waals surface area contributed by atoms with E-state index in [9.17, 15) is 4.79 Å². The van der Waals surface area contributed by atoms with Gasteiger partial charge in [-0.2, -0.15) is 0 Å². The third kappa shape index (κ3) is 2.57. The van der Waals surface area contributed by atoms with Crippen LogP contribution in [-0.2, 0) is 0 Å². The molecule has 1 aliphatic heterocycles. The highest BCUT2D eigenvalue weighted by Gasteiger charge is 2.18. The zero-order chi connectivity index (χ0) is 10.7. The van der Waals surface area contributed by atoms with Crippen LogP contribution in [0, 0.1) is 0 Å². The number of phenolic OH excluding ortho intramolecular Hbond substituents is 1. The average molecular weight is 205 g/mol. The highest BCUT2D eigenvalue weighted by molar-refractivity contribution is 5.96. The maximum Gasteiger partial charge on any atom is 0.164 e. The monoisotopic (exact) mass is 205 g/mol. The smallest absolute Gasteiger partial charge is 0.164 e. The minimum Gasteiger partial charge on any atom is -0.508 e. The van der Waals surface area contributed by atoms with Gasteiger partial charge in [0.05, 0.1) is 0 Å². The lowest BCUT2D eigenvalue weighted by Crippen LogP contribution is -2.24. The summed E-state index contributed by atoms with van der Waals surface area (Å²) in [4.78, 5) is 11.8. The van der Waals surface area contributed by atoms with Crippen molar-refractivity contribution < 1.29 is 9.90 Å². The van der Waals surface area contributed by atoms with Crippen LogP contribution in [-0.4, -0.2) is 23.5 Å². The molecule has 0 aliphatic carbocycles. The van der Waals surface area contributed by atoms with Gasteiger partial charge in [0.2, 0.25) is 0 Å². The van der Waals surface area contributed by atoms with E-state index in [2.05, 4.69) is 5.32 Å². The van der Waals surface area contributed by atoms with Crippen LogP contribution in [0.5, 0.6) is 5.75 Å². The van der Waals surface area contributed by atoms with Gasteiger partial charge in [-0.3, -0.25) is 4.79 Å². The summed E-state index contributed by atoms with van der Waals surface area (Å²) in [6.07, 6.45) is 2.81. The summed E-state index contributed by atoms with van der Waals surface area (Å²) < 4.78 is 0. The predicted molar refractivity (Wildman–Crippen MR) is 58.1 cm³/mol. The van der Waals surface area contributed by atoms with Crippen LogP contribution in [0.2, 0.25) is 0 Å². The van der Waals surface area contributed by atoms with Gasteiger partial charge < -0.3 is 10.4 Å². The van der Waals surface area contributed by atoms with Crippen molar-refractivity contribution in [3.8, 4) is 5.75 Å². The summed E-state index contributed by atoms with van der Waals surface area (Å²) in [6, 6.07) is 6.79. The Kier molecular flexibility index (Phi) is 3.02. The number of carbonyl (C=O) groups excluding carboxylic acids is 1. The number of Topliss-reactive ketones (excluding diaryl/α,β-unsaturated/α-hetero) is 1. The Hall–Kier alpha value is -1.35. The Morgan fingerprint density at radius 2 is 2.13 bits per heavy atom. The van der Waals surface area contributed by atoms with Crippen molar-refractivity contribution in [3.63, 3.8) is 0 Å². The predicted octanol–water partition coefficient (Wildman–Crippen LogP) is 1.72. The molecule has 3 nitrogen and oxygen atoms in total. The fraction of sp³-hybridized carbons (Fsp3) is 0.417. The lowest BCUT2D eigenvalue weighted by Gasteiger charge is -2.08. The molecule has 1 aromatic rings. The van der Waals surface area contributed by atoms with Gasteiger partial charge in [0.15, 0.2) is 5.78 Å². The Bertz CT molecular complexity index is 339. The number of hydrogen-bond acceptors (Lipinski definition) is 3. The molecule has 0 amide bonds. The molecule has 1 fully saturated rings. The van der Waals surface area contributed by atoms with Crippen LogP contribution in [0.15, 0.2) is 24.3 Å². The van der Waals surface area contributed by atoms with E-state index in [1.165, 1.54) is 0 Å². The van der Waals surface area contributed by atoms with E-state index in [-0.39, 0.29) is 11.5 Å². The van der Waals surface area contributed by atoms with Crippen molar-refractivity contribution in [2.24, 2.45) is 0 Å². The number of benzene rings is 1. The summed E-state index contributed by atoms with van der Waals surface area (Å²) in [5, 5.41) is 12.4. The van der Waals surface area contributed by atoms with Crippen LogP contribution in [0.4, 0.5) is 0 Å². The molecule has 2 N–H and O–H groups in total. The fourth-order valence-corrected chi connectivity index (χ4v) is 1.92. The third-order valence-corrected chi connectivity index (χ3v) is 2.78. The number of hydrogen-bond donors (Lipinski definition) is 2. The standard InChI is InChI=1S/C12H15NO2/c14-11-5-3-9(4-6-11)12(15)8-10-2-1-7-13-10/h3-6,10,13-14H,1-2,7-8H2/t10-/m1/s1. The molecule has 15 heavy (non-hydrogen) atoms. The van der Waals surface area contributed by atoms with Crippen molar-refractivity contribution in [2.75, 3.05) is 6.54 Å². The number of phenols is 1. The van der Waals surface area contributed by atoms with E-state index in [0.29, 0.717) is 18.0 Å². The zero-order valence-corrected chi connectivity index (χ0v) is 8.57. The maximum absolute atomic E-state index is 11.8. The van der Waals surface area contributed by atoms with Crippen LogP contribution >= 0.6 is 0 Å². The minimum atomic E-state index is 0.148. The Morgan fingerprint density at radius 1 is 1.40 bits per heavy atom. The molecular weight excluding hydrogens is 190 g/mol.